The molecule has 2 aromatic carbocycles. The van der Waals surface area contributed by atoms with Gasteiger partial charge in [-0.3, -0.25) is 9.69 Å². The van der Waals surface area contributed by atoms with Gasteiger partial charge in [0.2, 0.25) is 5.91 Å². The number of rotatable bonds is 6. The maximum absolute atomic E-state index is 12.5. The molecule has 1 aromatic heterocycles. The zero-order valence-corrected chi connectivity index (χ0v) is 16.3. The van der Waals surface area contributed by atoms with Gasteiger partial charge in [-0.15, -0.1) is 0 Å². The van der Waals surface area contributed by atoms with Crippen molar-refractivity contribution in [2.75, 3.05) is 29.9 Å². The van der Waals surface area contributed by atoms with Crippen LogP contribution in [0, 0.1) is 0 Å². The van der Waals surface area contributed by atoms with Crippen molar-refractivity contribution in [3.63, 3.8) is 0 Å². The molecule has 1 aliphatic heterocycles. The van der Waals surface area contributed by atoms with Crippen LogP contribution in [0.3, 0.4) is 0 Å². The van der Waals surface area contributed by atoms with Crippen LogP contribution in [0.5, 0.6) is 0 Å². The van der Waals surface area contributed by atoms with Gasteiger partial charge >= 0.3 is 0 Å². The van der Waals surface area contributed by atoms with Gasteiger partial charge in [0, 0.05) is 61.5 Å². The van der Waals surface area contributed by atoms with Crippen LogP contribution < -0.4 is 5.32 Å². The van der Waals surface area contributed by atoms with Gasteiger partial charge in [-0.25, -0.2) is 0 Å². The fourth-order valence-corrected chi connectivity index (χ4v) is 4.53. The largest absolute Gasteiger partial charge is 0.347 e. The van der Waals surface area contributed by atoms with Gasteiger partial charge in [-0.2, -0.15) is 11.8 Å². The van der Waals surface area contributed by atoms with Crippen LogP contribution in [0.1, 0.15) is 12.0 Å². The van der Waals surface area contributed by atoms with Crippen molar-refractivity contribution in [2.24, 2.45) is 0 Å². The smallest absolute Gasteiger partial charge is 0.226 e. The van der Waals surface area contributed by atoms with E-state index in [4.69, 9.17) is 0 Å². The summed E-state index contributed by atoms with van der Waals surface area (Å²) in [7, 11) is 0. The van der Waals surface area contributed by atoms with Crippen LogP contribution in [-0.2, 0) is 17.9 Å². The van der Waals surface area contributed by atoms with E-state index >= 15 is 0 Å². The number of aryl methyl sites for hydroxylation is 1. The highest BCUT2D eigenvalue weighted by molar-refractivity contribution is 7.99. The van der Waals surface area contributed by atoms with E-state index in [9.17, 15) is 4.79 Å². The number of carbonyl (C=O) groups excluding carboxylic acids is 1. The second-order valence-corrected chi connectivity index (χ2v) is 8.14. The number of nitrogens with one attached hydrogen (secondary N) is 1. The minimum Gasteiger partial charge on any atom is -0.347 e. The fraction of sp³-hybridized carbons (Fsp3) is 0.318. The molecule has 4 rings (SSSR count). The molecule has 0 bridgehead atoms. The Bertz CT molecular complexity index is 915. The predicted octanol–water partition coefficient (Wildman–Crippen LogP) is 4.22. The average Bonchev–Trinajstić information content (AvgIpc) is 3.12. The van der Waals surface area contributed by atoms with Crippen LogP contribution in [0.4, 0.5) is 5.69 Å². The molecular formula is C22H25N3OS. The third kappa shape index (κ3) is 4.54. The van der Waals surface area contributed by atoms with Crippen LogP contribution in [0.2, 0.25) is 0 Å². The Morgan fingerprint density at radius 2 is 1.78 bits per heavy atom. The highest BCUT2D eigenvalue weighted by Gasteiger charge is 2.14. The Labute approximate surface area is 164 Å². The number of amides is 1. The van der Waals surface area contributed by atoms with Crippen LogP contribution >= 0.6 is 11.8 Å². The van der Waals surface area contributed by atoms with Gasteiger partial charge < -0.3 is 9.88 Å². The van der Waals surface area contributed by atoms with E-state index in [2.05, 4.69) is 51.3 Å². The minimum atomic E-state index is 0.0643. The van der Waals surface area contributed by atoms with Gasteiger partial charge in [-0.05, 0) is 29.1 Å². The second kappa shape index (κ2) is 8.63. The van der Waals surface area contributed by atoms with Gasteiger partial charge in [0.25, 0.3) is 0 Å². The predicted molar refractivity (Wildman–Crippen MR) is 114 cm³/mol. The van der Waals surface area contributed by atoms with E-state index in [1.165, 1.54) is 28.0 Å². The second-order valence-electron chi connectivity index (χ2n) is 6.91. The molecule has 0 atom stereocenters. The summed E-state index contributed by atoms with van der Waals surface area (Å²) in [6.07, 6.45) is 2.52. The maximum atomic E-state index is 12.5. The van der Waals surface area contributed by atoms with Crippen LogP contribution in [-0.4, -0.2) is 40.0 Å². The van der Waals surface area contributed by atoms with Crippen molar-refractivity contribution in [3.8, 4) is 0 Å². The molecule has 0 radical (unpaired) electrons. The molecule has 1 aliphatic rings. The molecule has 0 spiro atoms. The Kier molecular flexibility index (Phi) is 5.80. The first-order chi connectivity index (χ1) is 13.3. The monoisotopic (exact) mass is 379 g/mol. The molecule has 0 aliphatic carbocycles. The van der Waals surface area contributed by atoms with E-state index in [1.807, 2.05) is 36.0 Å². The van der Waals surface area contributed by atoms with E-state index in [1.54, 1.807) is 0 Å². The molecule has 1 saturated heterocycles. The first-order valence-electron chi connectivity index (χ1n) is 9.51. The maximum Gasteiger partial charge on any atom is 0.226 e. The first-order valence-corrected chi connectivity index (χ1v) is 10.7. The molecular weight excluding hydrogens is 354 g/mol. The highest BCUT2D eigenvalue weighted by atomic mass is 32.2. The number of benzene rings is 2. The molecule has 27 heavy (non-hydrogen) atoms. The summed E-state index contributed by atoms with van der Waals surface area (Å²) >= 11 is 2.02. The van der Waals surface area contributed by atoms with Crippen molar-refractivity contribution >= 4 is 34.3 Å². The van der Waals surface area contributed by atoms with Gasteiger partial charge in [0.1, 0.15) is 0 Å². The molecule has 1 N–H and O–H groups in total. The lowest BCUT2D eigenvalue weighted by molar-refractivity contribution is -0.116. The molecule has 4 nitrogen and oxygen atoms in total. The third-order valence-electron chi connectivity index (χ3n) is 5.05. The fourth-order valence-electron chi connectivity index (χ4n) is 3.55. The Hall–Kier alpha value is -2.24. The minimum absolute atomic E-state index is 0.0643. The summed E-state index contributed by atoms with van der Waals surface area (Å²) in [6.45, 7) is 3.82. The molecule has 0 unspecified atom stereocenters. The summed E-state index contributed by atoms with van der Waals surface area (Å²) < 4.78 is 2.15. The number of aromatic nitrogens is 1. The van der Waals surface area contributed by atoms with Crippen molar-refractivity contribution in [2.45, 2.75) is 19.5 Å². The van der Waals surface area contributed by atoms with Crippen LogP contribution in [0.15, 0.2) is 60.8 Å². The standard InChI is InChI=1S/C22H25N3OS/c26-22(10-12-25-11-9-18-5-2-4-8-21(18)25)23-20-7-3-1-6-19(20)17-24-13-15-27-16-14-24/h1-9,11H,10,12-17H2,(H,23,26). The SMILES string of the molecule is O=C(CCn1ccc2ccccc21)Nc1ccccc1CN1CCSCC1. The summed E-state index contributed by atoms with van der Waals surface area (Å²) in [6, 6.07) is 18.5. The first kappa shape index (κ1) is 18.1. The molecule has 1 amide bonds. The molecule has 2 heterocycles. The van der Waals surface area contributed by atoms with Crippen molar-refractivity contribution in [1.29, 1.82) is 0 Å². The molecule has 1 fully saturated rings. The number of fused-ring (bicyclic) bond motifs is 1. The number of nitrogens with zero attached hydrogens (tertiary/aromatic N) is 2. The average molecular weight is 380 g/mol. The number of carbonyl (C=O) groups is 1. The quantitative estimate of drug-likeness (QED) is 0.697. The Balaban J connectivity index is 1.38. The van der Waals surface area contributed by atoms with E-state index in [0.717, 1.165) is 25.3 Å². The molecule has 5 heteroatoms. The number of thioether (sulfide) groups is 1. The lowest BCUT2D eigenvalue weighted by Crippen LogP contribution is -2.32. The molecule has 3 aromatic rings. The number of anilines is 1. The molecule has 0 saturated carbocycles. The summed E-state index contributed by atoms with van der Waals surface area (Å²) in [4.78, 5) is 15.0. The summed E-state index contributed by atoms with van der Waals surface area (Å²) in [5, 5.41) is 4.34. The number of hydrogen-bond donors (Lipinski definition) is 1. The van der Waals surface area contributed by atoms with Gasteiger partial charge in [0.15, 0.2) is 0 Å². The normalized spacial score (nSPS) is 15.1. The van der Waals surface area contributed by atoms with Crippen molar-refractivity contribution in [1.82, 2.24) is 9.47 Å². The lowest BCUT2D eigenvalue weighted by Gasteiger charge is -2.27. The van der Waals surface area contributed by atoms with Gasteiger partial charge in [-0.1, -0.05) is 36.4 Å². The van der Waals surface area contributed by atoms with Crippen molar-refractivity contribution in [3.05, 3.63) is 66.4 Å². The molecule has 140 valence electrons. The lowest BCUT2D eigenvalue weighted by atomic mass is 10.1. The Morgan fingerprint density at radius 1 is 1.00 bits per heavy atom. The summed E-state index contributed by atoms with van der Waals surface area (Å²) in [5.74, 6) is 2.45. The van der Waals surface area contributed by atoms with Crippen LogP contribution in [0.25, 0.3) is 10.9 Å². The van der Waals surface area contributed by atoms with E-state index in [0.29, 0.717) is 13.0 Å². The van der Waals surface area contributed by atoms with Gasteiger partial charge in [0.05, 0.1) is 0 Å². The third-order valence-corrected chi connectivity index (χ3v) is 5.99. The topological polar surface area (TPSA) is 37.3 Å². The number of para-hydroxylation sites is 2. The zero-order valence-electron chi connectivity index (χ0n) is 15.4. The Morgan fingerprint density at radius 3 is 2.67 bits per heavy atom. The zero-order chi connectivity index (χ0) is 18.5. The number of hydrogen-bond acceptors (Lipinski definition) is 3. The van der Waals surface area contributed by atoms with E-state index in [-0.39, 0.29) is 5.91 Å². The summed E-state index contributed by atoms with van der Waals surface area (Å²) in [5.41, 5.74) is 3.32. The van der Waals surface area contributed by atoms with E-state index < -0.39 is 0 Å². The highest BCUT2D eigenvalue weighted by Crippen LogP contribution is 2.20. The van der Waals surface area contributed by atoms with Crippen molar-refractivity contribution < 1.29 is 4.79 Å².